The summed E-state index contributed by atoms with van der Waals surface area (Å²) in [5.41, 5.74) is 6.12. The second kappa shape index (κ2) is 10.1. The Hall–Kier alpha value is -3.32. The molecule has 2 aromatic carbocycles. The number of aromatic nitrogens is 5. The molecule has 0 saturated heterocycles. The van der Waals surface area contributed by atoms with Crippen LogP contribution >= 0.6 is 12.4 Å². The number of H-pyrrole nitrogens is 1. The SMILES string of the molecule is CCc1cc(OCc2ccc(-c3ccccc3-c3nn[nH]n3)c(F)c2)c2c(n1)CCCC2.Cl. The minimum absolute atomic E-state index is 0. The maximum atomic E-state index is 15.1. The molecule has 0 saturated carbocycles. The standard InChI is InChI=1S/C25H24FN5O.ClH/c1-2-17-14-24(21-9-5-6-10-23(21)27-17)32-15-16-11-12-19(22(26)13-16)18-7-3-4-8-20(18)25-28-30-31-29-25;/h3-4,7-8,11-14H,2,5-6,9-10,15H2,1H3,(H,28,29,30,31);1H. The number of nitrogens with one attached hydrogen (secondary N) is 1. The Morgan fingerprint density at radius 1 is 1.00 bits per heavy atom. The number of halogens is 2. The van der Waals surface area contributed by atoms with Crippen molar-refractivity contribution in [1.82, 2.24) is 25.6 Å². The van der Waals surface area contributed by atoms with Crippen molar-refractivity contribution in [3.05, 3.63) is 76.9 Å². The summed E-state index contributed by atoms with van der Waals surface area (Å²) in [6, 6.07) is 14.7. The normalized spacial score (nSPS) is 12.7. The van der Waals surface area contributed by atoms with Crippen LogP contribution in [-0.4, -0.2) is 25.6 Å². The first-order valence-corrected chi connectivity index (χ1v) is 11.0. The van der Waals surface area contributed by atoms with E-state index >= 15 is 4.39 Å². The van der Waals surface area contributed by atoms with E-state index in [9.17, 15) is 0 Å². The Morgan fingerprint density at radius 2 is 1.82 bits per heavy atom. The zero-order valence-electron chi connectivity index (χ0n) is 18.3. The monoisotopic (exact) mass is 465 g/mol. The quantitative estimate of drug-likeness (QED) is 0.406. The van der Waals surface area contributed by atoms with Crippen molar-refractivity contribution in [1.29, 1.82) is 0 Å². The molecule has 1 aliphatic carbocycles. The fourth-order valence-corrected chi connectivity index (χ4v) is 4.25. The van der Waals surface area contributed by atoms with Crippen LogP contribution in [0.15, 0.2) is 48.5 Å². The second-order valence-corrected chi connectivity index (χ2v) is 7.98. The van der Waals surface area contributed by atoms with Gasteiger partial charge in [0, 0.05) is 34.1 Å². The van der Waals surface area contributed by atoms with Crippen LogP contribution in [0.4, 0.5) is 4.39 Å². The van der Waals surface area contributed by atoms with E-state index in [4.69, 9.17) is 9.72 Å². The van der Waals surface area contributed by atoms with Gasteiger partial charge in [0.15, 0.2) is 0 Å². The Labute approximate surface area is 198 Å². The number of rotatable bonds is 6. The van der Waals surface area contributed by atoms with Crippen molar-refractivity contribution in [2.24, 2.45) is 0 Å². The molecule has 0 bridgehead atoms. The van der Waals surface area contributed by atoms with Crippen LogP contribution in [0.3, 0.4) is 0 Å². The zero-order chi connectivity index (χ0) is 21.9. The molecule has 1 aliphatic rings. The van der Waals surface area contributed by atoms with Crippen molar-refractivity contribution in [2.45, 2.75) is 45.6 Å². The van der Waals surface area contributed by atoms with E-state index in [1.54, 1.807) is 6.07 Å². The van der Waals surface area contributed by atoms with Crippen LogP contribution in [0.25, 0.3) is 22.5 Å². The molecule has 170 valence electrons. The van der Waals surface area contributed by atoms with Gasteiger partial charge < -0.3 is 4.74 Å². The third-order valence-electron chi connectivity index (χ3n) is 5.91. The number of aryl methyl sites for hydroxylation is 2. The van der Waals surface area contributed by atoms with Crippen LogP contribution < -0.4 is 4.74 Å². The van der Waals surface area contributed by atoms with Crippen LogP contribution in [0.2, 0.25) is 0 Å². The highest BCUT2D eigenvalue weighted by Gasteiger charge is 2.18. The Kier molecular flexibility index (Phi) is 6.99. The summed E-state index contributed by atoms with van der Waals surface area (Å²) in [5.74, 6) is 1.01. The molecule has 6 nitrogen and oxygen atoms in total. The number of benzene rings is 2. The van der Waals surface area contributed by atoms with Gasteiger partial charge in [0.05, 0.1) is 0 Å². The van der Waals surface area contributed by atoms with Gasteiger partial charge in [-0.1, -0.05) is 43.3 Å². The summed E-state index contributed by atoms with van der Waals surface area (Å²) in [4.78, 5) is 4.78. The van der Waals surface area contributed by atoms with Crippen LogP contribution in [0.5, 0.6) is 5.75 Å². The van der Waals surface area contributed by atoms with Crippen molar-refractivity contribution in [3.8, 4) is 28.3 Å². The highest BCUT2D eigenvalue weighted by Crippen LogP contribution is 2.33. The van der Waals surface area contributed by atoms with Crippen LogP contribution in [-0.2, 0) is 25.9 Å². The number of pyridine rings is 1. The van der Waals surface area contributed by atoms with E-state index in [-0.39, 0.29) is 18.2 Å². The molecule has 4 aromatic rings. The summed E-state index contributed by atoms with van der Waals surface area (Å²) >= 11 is 0. The molecule has 0 aliphatic heterocycles. The van der Waals surface area contributed by atoms with E-state index in [0.717, 1.165) is 59.5 Å². The lowest BCUT2D eigenvalue weighted by Gasteiger charge is -2.20. The number of nitrogens with zero attached hydrogens (tertiary/aromatic N) is 4. The lowest BCUT2D eigenvalue weighted by atomic mass is 9.94. The van der Waals surface area contributed by atoms with Crippen molar-refractivity contribution >= 4 is 12.4 Å². The molecule has 5 rings (SSSR count). The van der Waals surface area contributed by atoms with Gasteiger partial charge >= 0.3 is 0 Å². The smallest absolute Gasteiger partial charge is 0.205 e. The zero-order valence-corrected chi connectivity index (χ0v) is 19.2. The van der Waals surface area contributed by atoms with Gasteiger partial charge in [-0.15, -0.1) is 22.6 Å². The van der Waals surface area contributed by atoms with Gasteiger partial charge in [0.2, 0.25) is 5.82 Å². The molecular weight excluding hydrogens is 441 g/mol. The minimum Gasteiger partial charge on any atom is -0.488 e. The summed E-state index contributed by atoms with van der Waals surface area (Å²) in [5, 5.41) is 14.1. The highest BCUT2D eigenvalue weighted by molar-refractivity contribution is 5.85. The number of hydrogen-bond acceptors (Lipinski definition) is 5. The molecule has 0 radical (unpaired) electrons. The number of ether oxygens (including phenoxy) is 1. The minimum atomic E-state index is -0.312. The Morgan fingerprint density at radius 3 is 2.58 bits per heavy atom. The fraction of sp³-hybridized carbons (Fsp3) is 0.280. The number of fused-ring (bicyclic) bond motifs is 1. The predicted octanol–water partition coefficient (Wildman–Crippen LogP) is 5.51. The molecule has 0 unspecified atom stereocenters. The first-order chi connectivity index (χ1) is 15.7. The number of aromatic amines is 1. The van der Waals surface area contributed by atoms with Crippen LogP contribution in [0, 0.1) is 5.82 Å². The van der Waals surface area contributed by atoms with E-state index in [1.807, 2.05) is 36.4 Å². The number of hydrogen-bond donors (Lipinski definition) is 1. The predicted molar refractivity (Wildman–Crippen MR) is 127 cm³/mol. The molecule has 1 N–H and O–H groups in total. The Balaban J connectivity index is 0.00000259. The van der Waals surface area contributed by atoms with Crippen molar-refractivity contribution < 1.29 is 9.13 Å². The average Bonchev–Trinajstić information content (AvgIpc) is 3.37. The molecule has 33 heavy (non-hydrogen) atoms. The first-order valence-electron chi connectivity index (χ1n) is 11.0. The Bertz CT molecular complexity index is 1250. The van der Waals surface area contributed by atoms with Gasteiger partial charge in [-0.2, -0.15) is 5.21 Å². The largest absolute Gasteiger partial charge is 0.488 e. The van der Waals surface area contributed by atoms with E-state index in [2.05, 4.69) is 27.5 Å². The van der Waals surface area contributed by atoms with Crippen LogP contribution in [0.1, 0.15) is 42.3 Å². The maximum absolute atomic E-state index is 15.1. The molecule has 8 heteroatoms. The number of tetrazole rings is 1. The van der Waals surface area contributed by atoms with Gasteiger partial charge in [0.25, 0.3) is 0 Å². The summed E-state index contributed by atoms with van der Waals surface area (Å²) in [6.07, 6.45) is 5.18. The lowest BCUT2D eigenvalue weighted by molar-refractivity contribution is 0.299. The first kappa shape index (κ1) is 22.9. The van der Waals surface area contributed by atoms with E-state index < -0.39 is 0 Å². The summed E-state index contributed by atoms with van der Waals surface area (Å²) < 4.78 is 21.3. The lowest BCUT2D eigenvalue weighted by Crippen LogP contribution is -2.10. The van der Waals surface area contributed by atoms with Gasteiger partial charge in [-0.25, -0.2) is 4.39 Å². The average molecular weight is 466 g/mol. The molecule has 0 amide bonds. The highest BCUT2D eigenvalue weighted by atomic mass is 35.5. The van der Waals surface area contributed by atoms with Crippen molar-refractivity contribution in [3.63, 3.8) is 0 Å². The third-order valence-corrected chi connectivity index (χ3v) is 5.91. The van der Waals surface area contributed by atoms with E-state index in [0.29, 0.717) is 18.0 Å². The molecular formula is C25H25ClFN5O. The second-order valence-electron chi connectivity index (χ2n) is 7.98. The fourth-order valence-electron chi connectivity index (χ4n) is 4.25. The molecule has 0 atom stereocenters. The molecule has 2 heterocycles. The molecule has 0 fully saturated rings. The summed E-state index contributed by atoms with van der Waals surface area (Å²) in [7, 11) is 0. The van der Waals surface area contributed by atoms with Gasteiger partial charge in [0.1, 0.15) is 18.2 Å². The molecule has 2 aromatic heterocycles. The van der Waals surface area contributed by atoms with Crippen molar-refractivity contribution in [2.75, 3.05) is 0 Å². The molecule has 0 spiro atoms. The third kappa shape index (κ3) is 4.73. The van der Waals surface area contributed by atoms with Gasteiger partial charge in [-0.05, 0) is 54.5 Å². The van der Waals surface area contributed by atoms with Gasteiger partial charge in [-0.3, -0.25) is 4.98 Å². The summed E-state index contributed by atoms with van der Waals surface area (Å²) in [6.45, 7) is 2.41. The maximum Gasteiger partial charge on any atom is 0.205 e. The topological polar surface area (TPSA) is 76.6 Å². The van der Waals surface area contributed by atoms with E-state index in [1.165, 1.54) is 18.1 Å².